The summed E-state index contributed by atoms with van der Waals surface area (Å²) in [6.07, 6.45) is 3.26. The van der Waals surface area contributed by atoms with Crippen LogP contribution in [0.5, 0.6) is 34.5 Å². The fraction of sp³-hybridized carbons (Fsp3) is 0.154. The van der Waals surface area contributed by atoms with Crippen molar-refractivity contribution in [3.05, 3.63) is 72.3 Å². The third-order valence-corrected chi connectivity index (χ3v) is 5.28. The van der Waals surface area contributed by atoms with Crippen LogP contribution in [0.1, 0.15) is 11.4 Å². The molecule has 0 radical (unpaired) electrons. The lowest BCUT2D eigenvalue weighted by atomic mass is 9.96. The lowest BCUT2D eigenvalue weighted by molar-refractivity contribution is 0.284. The molecule has 4 rings (SSSR count). The highest BCUT2D eigenvalue weighted by Crippen LogP contribution is 2.50. The smallest absolute Gasteiger partial charge is 0.170 e. The molecular weight excluding hydrogens is 436 g/mol. The summed E-state index contributed by atoms with van der Waals surface area (Å²) >= 11 is 0. The molecular formula is C26H24N2O6. The van der Waals surface area contributed by atoms with Crippen LogP contribution in [0.2, 0.25) is 0 Å². The molecule has 0 bridgehead atoms. The molecule has 0 amide bonds. The topological polar surface area (TPSA) is 114 Å². The van der Waals surface area contributed by atoms with E-state index >= 15 is 0 Å². The van der Waals surface area contributed by atoms with Crippen LogP contribution >= 0.6 is 0 Å². The van der Waals surface area contributed by atoms with Gasteiger partial charge in [0, 0.05) is 11.8 Å². The van der Waals surface area contributed by atoms with Gasteiger partial charge in [0.25, 0.3) is 0 Å². The number of methoxy groups -OCH3 is 2. The van der Waals surface area contributed by atoms with Crippen molar-refractivity contribution in [3.8, 4) is 56.8 Å². The largest absolute Gasteiger partial charge is 0.508 e. The Morgan fingerprint density at radius 1 is 0.794 bits per heavy atom. The number of ether oxygens (including phenoxy) is 3. The summed E-state index contributed by atoms with van der Waals surface area (Å²) < 4.78 is 16.7. The molecule has 0 unspecified atom stereocenters. The lowest BCUT2D eigenvalue weighted by Gasteiger charge is -2.18. The Hall–Kier alpha value is -4.46. The van der Waals surface area contributed by atoms with Crippen molar-refractivity contribution in [2.75, 3.05) is 14.2 Å². The van der Waals surface area contributed by atoms with Crippen LogP contribution < -0.4 is 14.2 Å². The van der Waals surface area contributed by atoms with Gasteiger partial charge in [-0.15, -0.1) is 0 Å². The van der Waals surface area contributed by atoms with E-state index in [1.54, 1.807) is 54.9 Å². The first-order chi connectivity index (χ1) is 16.4. The molecule has 0 fully saturated rings. The van der Waals surface area contributed by atoms with Crippen LogP contribution in [0.15, 0.2) is 60.9 Å². The summed E-state index contributed by atoms with van der Waals surface area (Å²) in [7, 11) is 2.95. The second kappa shape index (κ2) is 9.58. The molecule has 8 heteroatoms. The number of nitrogens with zero attached hydrogens (tertiary/aromatic N) is 2. The quantitative estimate of drug-likeness (QED) is 0.359. The molecule has 3 N–H and O–H groups in total. The third-order valence-electron chi connectivity index (χ3n) is 5.28. The van der Waals surface area contributed by atoms with Crippen LogP contribution in [-0.2, 0) is 6.61 Å². The van der Waals surface area contributed by atoms with E-state index in [0.717, 1.165) is 11.3 Å². The molecule has 0 spiro atoms. The lowest BCUT2D eigenvalue weighted by Crippen LogP contribution is -2.00. The molecule has 0 saturated heterocycles. The third kappa shape index (κ3) is 4.52. The van der Waals surface area contributed by atoms with E-state index in [-0.39, 0.29) is 35.4 Å². The number of hydrogen-bond acceptors (Lipinski definition) is 8. The Balaban J connectivity index is 1.69. The summed E-state index contributed by atoms with van der Waals surface area (Å²) in [5.74, 6) is 0.747. The van der Waals surface area contributed by atoms with E-state index in [2.05, 4.69) is 9.97 Å². The zero-order valence-electron chi connectivity index (χ0n) is 18.9. The maximum absolute atomic E-state index is 11.1. The van der Waals surface area contributed by atoms with E-state index in [1.807, 2.05) is 6.92 Å². The fourth-order valence-corrected chi connectivity index (χ4v) is 3.57. The van der Waals surface area contributed by atoms with Crippen molar-refractivity contribution in [1.82, 2.24) is 9.97 Å². The van der Waals surface area contributed by atoms with E-state index in [0.29, 0.717) is 28.1 Å². The summed E-state index contributed by atoms with van der Waals surface area (Å²) in [6.45, 7) is 1.99. The zero-order chi connectivity index (χ0) is 24.2. The maximum Gasteiger partial charge on any atom is 0.170 e. The normalized spacial score (nSPS) is 10.7. The molecule has 1 heterocycles. The second-order valence-electron chi connectivity index (χ2n) is 7.55. The van der Waals surface area contributed by atoms with E-state index < -0.39 is 0 Å². The first-order valence-electron chi connectivity index (χ1n) is 10.4. The Morgan fingerprint density at radius 2 is 1.53 bits per heavy atom. The van der Waals surface area contributed by atoms with Crippen LogP contribution in [0.4, 0.5) is 0 Å². The van der Waals surface area contributed by atoms with Crippen molar-refractivity contribution in [2.45, 2.75) is 13.5 Å². The summed E-state index contributed by atoms with van der Waals surface area (Å²) in [4.78, 5) is 8.41. The van der Waals surface area contributed by atoms with E-state index in [4.69, 9.17) is 14.2 Å². The Labute approximate surface area is 196 Å². The van der Waals surface area contributed by atoms with Crippen molar-refractivity contribution in [2.24, 2.45) is 0 Å². The molecule has 0 aliphatic heterocycles. The minimum absolute atomic E-state index is 0.111. The first-order valence-corrected chi connectivity index (χ1v) is 10.4. The highest BCUT2D eigenvalue weighted by atomic mass is 16.5. The van der Waals surface area contributed by atoms with Crippen molar-refractivity contribution < 1.29 is 29.5 Å². The molecule has 0 saturated carbocycles. The molecule has 0 aliphatic carbocycles. The molecule has 34 heavy (non-hydrogen) atoms. The standard InChI is InChI=1S/C26H24N2O6/c1-15-12-28-18(13-27-15)14-34-22-9-6-17(10-21(22)30)24-23(32-2)11-20(26(33-3)25(24)31)16-4-7-19(29)8-5-16/h4-13,29-31H,14H2,1-3H3. The maximum atomic E-state index is 11.1. The molecule has 174 valence electrons. The predicted octanol–water partition coefficient (Wildman–Crippen LogP) is 4.83. The van der Waals surface area contributed by atoms with Gasteiger partial charge in [-0.2, -0.15) is 0 Å². The van der Waals surface area contributed by atoms with Gasteiger partial charge in [0.2, 0.25) is 0 Å². The van der Waals surface area contributed by atoms with Gasteiger partial charge in [-0.3, -0.25) is 9.97 Å². The summed E-state index contributed by atoms with van der Waals surface area (Å²) in [6, 6.07) is 13.0. The molecule has 0 aliphatic rings. The molecule has 0 atom stereocenters. The van der Waals surface area contributed by atoms with Gasteiger partial charge in [0.15, 0.2) is 23.0 Å². The Bertz CT molecular complexity index is 1300. The summed E-state index contributed by atoms with van der Waals surface area (Å²) in [5.41, 5.74) is 3.60. The molecule has 1 aromatic heterocycles. The average Bonchev–Trinajstić information content (AvgIpc) is 2.84. The van der Waals surface area contributed by atoms with Crippen LogP contribution in [-0.4, -0.2) is 39.5 Å². The van der Waals surface area contributed by atoms with Gasteiger partial charge >= 0.3 is 0 Å². The van der Waals surface area contributed by atoms with Gasteiger partial charge in [-0.25, -0.2) is 0 Å². The van der Waals surface area contributed by atoms with Crippen LogP contribution in [0.25, 0.3) is 22.3 Å². The molecule has 3 aromatic carbocycles. The number of phenols is 3. The number of phenolic OH excluding ortho intramolecular Hbond substituents is 3. The van der Waals surface area contributed by atoms with Crippen LogP contribution in [0.3, 0.4) is 0 Å². The first kappa shape index (κ1) is 22.7. The fourth-order valence-electron chi connectivity index (χ4n) is 3.57. The number of hydrogen-bond donors (Lipinski definition) is 3. The number of aromatic hydroxyl groups is 3. The number of benzene rings is 3. The van der Waals surface area contributed by atoms with E-state index in [1.165, 1.54) is 20.3 Å². The Morgan fingerprint density at radius 3 is 2.15 bits per heavy atom. The van der Waals surface area contributed by atoms with E-state index in [9.17, 15) is 15.3 Å². The predicted molar refractivity (Wildman–Crippen MR) is 127 cm³/mol. The highest BCUT2D eigenvalue weighted by Gasteiger charge is 2.22. The van der Waals surface area contributed by atoms with Gasteiger partial charge in [0.1, 0.15) is 18.1 Å². The highest BCUT2D eigenvalue weighted by molar-refractivity contribution is 5.88. The van der Waals surface area contributed by atoms with Gasteiger partial charge in [-0.1, -0.05) is 18.2 Å². The van der Waals surface area contributed by atoms with Crippen molar-refractivity contribution in [3.63, 3.8) is 0 Å². The van der Waals surface area contributed by atoms with Crippen molar-refractivity contribution >= 4 is 0 Å². The number of aromatic nitrogens is 2. The van der Waals surface area contributed by atoms with Gasteiger partial charge < -0.3 is 29.5 Å². The van der Waals surface area contributed by atoms with Gasteiger partial charge in [0.05, 0.1) is 37.4 Å². The minimum Gasteiger partial charge on any atom is -0.508 e. The Kier molecular flexibility index (Phi) is 6.40. The van der Waals surface area contributed by atoms with Gasteiger partial charge in [-0.05, 0) is 48.4 Å². The zero-order valence-corrected chi connectivity index (χ0v) is 18.9. The monoisotopic (exact) mass is 460 g/mol. The SMILES string of the molecule is COc1cc(-c2ccc(O)cc2)c(OC)c(O)c1-c1ccc(OCc2cnc(C)cn2)c(O)c1. The van der Waals surface area contributed by atoms with Crippen LogP contribution in [0, 0.1) is 6.92 Å². The number of aryl methyl sites for hydroxylation is 1. The molecule has 8 nitrogen and oxygen atoms in total. The number of rotatable bonds is 7. The molecule has 4 aromatic rings. The summed E-state index contributed by atoms with van der Waals surface area (Å²) in [5, 5.41) is 31.3. The second-order valence-corrected chi connectivity index (χ2v) is 7.55. The minimum atomic E-state index is -0.145. The average molecular weight is 460 g/mol. The van der Waals surface area contributed by atoms with Crippen molar-refractivity contribution in [1.29, 1.82) is 0 Å².